The first kappa shape index (κ1) is 18.7. The number of aromatic nitrogens is 2. The fourth-order valence-corrected chi connectivity index (χ4v) is 3.49. The predicted octanol–water partition coefficient (Wildman–Crippen LogP) is 6.27. The van der Waals surface area contributed by atoms with Crippen molar-refractivity contribution in [1.29, 1.82) is 0 Å². The van der Waals surface area contributed by atoms with Crippen LogP contribution in [0.2, 0.25) is 10.0 Å². The minimum absolute atomic E-state index is 0.306. The van der Waals surface area contributed by atoms with E-state index in [1.807, 2.05) is 12.1 Å². The lowest BCUT2D eigenvalue weighted by molar-refractivity contribution is 0.221. The summed E-state index contributed by atoms with van der Waals surface area (Å²) in [5.41, 5.74) is 3.55. The predicted molar refractivity (Wildman–Crippen MR) is 110 cm³/mol. The van der Waals surface area contributed by atoms with Crippen molar-refractivity contribution in [1.82, 2.24) is 9.97 Å². The number of aliphatic hydroxyl groups excluding tert-OH is 1. The lowest BCUT2D eigenvalue weighted by Crippen LogP contribution is -2.03. The molecule has 0 aliphatic heterocycles. The molecule has 28 heavy (non-hydrogen) atoms. The van der Waals surface area contributed by atoms with Crippen LogP contribution in [0, 0.1) is 5.82 Å². The van der Waals surface area contributed by atoms with Gasteiger partial charge in [0.2, 0.25) is 0 Å². The third-order valence-electron chi connectivity index (χ3n) is 4.55. The molecule has 0 saturated heterocycles. The normalized spacial score (nSPS) is 12.1. The Bertz CT molecular complexity index is 1110. The number of pyridine rings is 1. The molecule has 0 aliphatic carbocycles. The summed E-state index contributed by atoms with van der Waals surface area (Å²) in [7, 11) is 0. The zero-order valence-electron chi connectivity index (χ0n) is 14.5. The maximum Gasteiger partial charge on any atom is 0.134 e. The summed E-state index contributed by atoms with van der Waals surface area (Å²) in [6.45, 7) is 0. The van der Waals surface area contributed by atoms with Gasteiger partial charge in [0.05, 0.1) is 5.69 Å². The molecule has 3 nitrogen and oxygen atoms in total. The van der Waals surface area contributed by atoms with E-state index in [4.69, 9.17) is 23.2 Å². The highest BCUT2D eigenvalue weighted by atomic mass is 35.5. The smallest absolute Gasteiger partial charge is 0.134 e. The summed E-state index contributed by atoms with van der Waals surface area (Å²) in [6.07, 6.45) is 3.97. The summed E-state index contributed by atoms with van der Waals surface area (Å²) in [5.74, 6) is -0.475. The van der Waals surface area contributed by atoms with E-state index in [-0.39, 0.29) is 0 Å². The third kappa shape index (κ3) is 3.54. The number of aromatic amines is 1. The molecule has 1 unspecified atom stereocenters. The monoisotopic (exact) mass is 412 g/mol. The number of aliphatic hydroxyl groups is 1. The van der Waals surface area contributed by atoms with Crippen LogP contribution < -0.4 is 0 Å². The van der Waals surface area contributed by atoms with E-state index in [1.54, 1.807) is 55.0 Å². The molecule has 0 fully saturated rings. The fraction of sp³-hybridized carbons (Fsp3) is 0.0455. The van der Waals surface area contributed by atoms with Crippen LogP contribution in [-0.4, -0.2) is 15.1 Å². The van der Waals surface area contributed by atoms with Crippen molar-refractivity contribution in [3.8, 4) is 22.4 Å². The number of rotatable bonds is 4. The molecule has 2 heterocycles. The van der Waals surface area contributed by atoms with Crippen LogP contribution in [-0.2, 0) is 0 Å². The number of halogens is 3. The summed E-state index contributed by atoms with van der Waals surface area (Å²) in [6, 6.07) is 15.2. The van der Waals surface area contributed by atoms with Crippen molar-refractivity contribution in [3.63, 3.8) is 0 Å². The van der Waals surface area contributed by atoms with Crippen molar-refractivity contribution in [2.45, 2.75) is 6.10 Å². The molecule has 6 heteroatoms. The Balaban J connectivity index is 1.93. The van der Waals surface area contributed by atoms with Gasteiger partial charge in [0, 0.05) is 50.9 Å². The SMILES string of the molecule is OC(c1cccnc1)c1c(-c2ccc(Cl)cc2)c[nH]c1-c1ccc(Cl)cc1F. The van der Waals surface area contributed by atoms with Crippen LogP contribution in [0.4, 0.5) is 4.39 Å². The van der Waals surface area contributed by atoms with E-state index in [0.717, 1.165) is 11.1 Å². The molecule has 2 aromatic heterocycles. The lowest BCUT2D eigenvalue weighted by Gasteiger charge is -2.16. The Kier molecular flexibility index (Phi) is 5.18. The summed E-state index contributed by atoms with van der Waals surface area (Å²) in [4.78, 5) is 7.20. The molecule has 0 bridgehead atoms. The average Bonchev–Trinajstić information content (AvgIpc) is 3.13. The van der Waals surface area contributed by atoms with E-state index < -0.39 is 11.9 Å². The number of H-pyrrole nitrogens is 1. The highest BCUT2D eigenvalue weighted by molar-refractivity contribution is 6.31. The molecule has 0 saturated carbocycles. The Morgan fingerprint density at radius 3 is 2.39 bits per heavy atom. The Labute approximate surface area is 171 Å². The van der Waals surface area contributed by atoms with Crippen molar-refractivity contribution < 1.29 is 9.50 Å². The second-order valence-electron chi connectivity index (χ2n) is 6.31. The first-order valence-electron chi connectivity index (χ1n) is 8.55. The van der Waals surface area contributed by atoms with E-state index >= 15 is 0 Å². The fourth-order valence-electron chi connectivity index (χ4n) is 3.21. The van der Waals surface area contributed by atoms with Gasteiger partial charge in [-0.15, -0.1) is 0 Å². The first-order chi connectivity index (χ1) is 13.5. The molecule has 0 radical (unpaired) electrons. The largest absolute Gasteiger partial charge is 0.383 e. The average molecular weight is 413 g/mol. The molecule has 2 N–H and O–H groups in total. The molecule has 0 spiro atoms. The molecule has 1 atom stereocenters. The van der Waals surface area contributed by atoms with Gasteiger partial charge in [-0.2, -0.15) is 0 Å². The van der Waals surface area contributed by atoms with Gasteiger partial charge in [0.25, 0.3) is 0 Å². The zero-order valence-corrected chi connectivity index (χ0v) is 16.0. The van der Waals surface area contributed by atoms with Crippen LogP contribution in [0.1, 0.15) is 17.2 Å². The van der Waals surface area contributed by atoms with Gasteiger partial charge < -0.3 is 10.1 Å². The van der Waals surface area contributed by atoms with E-state index in [2.05, 4.69) is 9.97 Å². The molecule has 0 amide bonds. The van der Waals surface area contributed by atoms with Crippen molar-refractivity contribution in [2.75, 3.05) is 0 Å². The van der Waals surface area contributed by atoms with Gasteiger partial charge in [-0.1, -0.05) is 41.4 Å². The molecule has 4 rings (SSSR count). The van der Waals surface area contributed by atoms with Crippen molar-refractivity contribution in [2.24, 2.45) is 0 Å². The molecule has 2 aromatic carbocycles. The Morgan fingerprint density at radius 2 is 1.71 bits per heavy atom. The standard InChI is InChI=1S/C22H15Cl2FN2O/c23-15-5-3-13(4-6-15)18-12-27-21(17-8-7-16(24)10-19(17)25)20(18)22(28)14-2-1-9-26-11-14/h1-12,22,27-28H. The van der Waals surface area contributed by atoms with Gasteiger partial charge in [0.1, 0.15) is 11.9 Å². The highest BCUT2D eigenvalue weighted by Gasteiger charge is 2.24. The summed E-state index contributed by atoms with van der Waals surface area (Å²) in [5, 5.41) is 12.0. The zero-order chi connectivity index (χ0) is 19.7. The van der Waals surface area contributed by atoms with Gasteiger partial charge >= 0.3 is 0 Å². The number of hydrogen-bond acceptors (Lipinski definition) is 2. The number of benzene rings is 2. The number of hydrogen-bond donors (Lipinski definition) is 2. The lowest BCUT2D eigenvalue weighted by atomic mass is 9.93. The maximum absolute atomic E-state index is 14.6. The van der Waals surface area contributed by atoms with Gasteiger partial charge in [-0.05, 0) is 42.0 Å². The van der Waals surface area contributed by atoms with Gasteiger partial charge in [-0.25, -0.2) is 4.39 Å². The third-order valence-corrected chi connectivity index (χ3v) is 5.04. The molecular formula is C22H15Cl2FN2O. The van der Waals surface area contributed by atoms with Crippen LogP contribution in [0.5, 0.6) is 0 Å². The number of nitrogens with zero attached hydrogens (tertiary/aromatic N) is 1. The minimum atomic E-state index is -1.00. The highest BCUT2D eigenvalue weighted by Crippen LogP contribution is 2.40. The van der Waals surface area contributed by atoms with Crippen LogP contribution in [0.3, 0.4) is 0 Å². The topological polar surface area (TPSA) is 48.9 Å². The van der Waals surface area contributed by atoms with Crippen molar-refractivity contribution in [3.05, 3.63) is 100 Å². The molecule has 140 valence electrons. The van der Waals surface area contributed by atoms with Crippen LogP contribution in [0.15, 0.2) is 73.2 Å². The minimum Gasteiger partial charge on any atom is -0.383 e. The quantitative estimate of drug-likeness (QED) is 0.414. The number of nitrogens with one attached hydrogen (secondary N) is 1. The molecule has 4 aromatic rings. The van der Waals surface area contributed by atoms with Gasteiger partial charge in [0.15, 0.2) is 0 Å². The van der Waals surface area contributed by atoms with Crippen LogP contribution in [0.25, 0.3) is 22.4 Å². The van der Waals surface area contributed by atoms with Crippen LogP contribution >= 0.6 is 23.2 Å². The summed E-state index contributed by atoms with van der Waals surface area (Å²) < 4.78 is 14.6. The molecular weight excluding hydrogens is 398 g/mol. The second kappa shape index (κ2) is 7.76. The second-order valence-corrected chi connectivity index (χ2v) is 7.18. The van der Waals surface area contributed by atoms with E-state index in [1.165, 1.54) is 6.07 Å². The Hall–Kier alpha value is -2.66. The maximum atomic E-state index is 14.6. The Morgan fingerprint density at radius 1 is 0.964 bits per heavy atom. The van der Waals surface area contributed by atoms with E-state index in [9.17, 15) is 9.50 Å². The molecule has 0 aliphatic rings. The summed E-state index contributed by atoms with van der Waals surface area (Å²) >= 11 is 11.9. The van der Waals surface area contributed by atoms with Crippen molar-refractivity contribution >= 4 is 23.2 Å². The van der Waals surface area contributed by atoms with Gasteiger partial charge in [-0.3, -0.25) is 4.98 Å². The van der Waals surface area contributed by atoms with E-state index in [0.29, 0.717) is 32.4 Å². The first-order valence-corrected chi connectivity index (χ1v) is 9.31.